The summed E-state index contributed by atoms with van der Waals surface area (Å²) in [5.41, 5.74) is 1.61. The van der Waals surface area contributed by atoms with Gasteiger partial charge in [0.2, 0.25) is 5.91 Å². The highest BCUT2D eigenvalue weighted by Crippen LogP contribution is 2.24. The fraction of sp³-hybridized carbons (Fsp3) is 0.421. The van der Waals surface area contributed by atoms with Gasteiger partial charge in [-0.3, -0.25) is 24.6 Å². The van der Waals surface area contributed by atoms with Crippen LogP contribution in [0.15, 0.2) is 24.3 Å². The summed E-state index contributed by atoms with van der Waals surface area (Å²) in [6.45, 7) is 4.84. The van der Waals surface area contributed by atoms with Crippen LogP contribution in [0.5, 0.6) is 0 Å². The van der Waals surface area contributed by atoms with Crippen molar-refractivity contribution in [1.29, 1.82) is 0 Å². The Morgan fingerprint density at radius 1 is 1.20 bits per heavy atom. The maximum Gasteiger partial charge on any atom is 0.269 e. The summed E-state index contributed by atoms with van der Waals surface area (Å²) in [4.78, 5) is 45.3. The number of non-ortho nitro benzene ring substituents is 1. The molecule has 2 aromatic rings. The molecule has 1 aromatic heterocycles. The Morgan fingerprint density at radius 2 is 1.83 bits per heavy atom. The minimum atomic E-state index is -0.413. The maximum atomic E-state index is 12.4. The lowest BCUT2D eigenvalue weighted by molar-refractivity contribution is -0.384. The number of thiazole rings is 1. The Bertz CT molecular complexity index is 935. The number of carbonyl (C=O) groups is 2. The number of aromatic nitrogens is 1. The summed E-state index contributed by atoms with van der Waals surface area (Å²) in [7, 11) is 3.35. The molecular weight excluding hydrogens is 408 g/mol. The summed E-state index contributed by atoms with van der Waals surface area (Å²) in [6, 6.07) is 6.50. The van der Waals surface area contributed by atoms with E-state index in [4.69, 9.17) is 0 Å². The van der Waals surface area contributed by atoms with E-state index in [1.165, 1.54) is 28.4 Å². The van der Waals surface area contributed by atoms with E-state index in [-0.39, 0.29) is 24.0 Å². The van der Waals surface area contributed by atoms with Crippen LogP contribution in [0.3, 0.4) is 0 Å². The molecule has 1 aliphatic rings. The zero-order valence-corrected chi connectivity index (χ0v) is 17.9. The first-order valence-corrected chi connectivity index (χ1v) is 10.3. The van der Waals surface area contributed by atoms with E-state index >= 15 is 0 Å². The molecule has 2 amide bonds. The predicted octanol–water partition coefficient (Wildman–Crippen LogP) is 1.82. The fourth-order valence-corrected chi connectivity index (χ4v) is 4.17. The molecule has 1 aromatic carbocycles. The molecule has 1 aliphatic heterocycles. The highest BCUT2D eigenvalue weighted by Gasteiger charge is 2.22. The van der Waals surface area contributed by atoms with E-state index in [0.29, 0.717) is 28.8 Å². The fourth-order valence-electron chi connectivity index (χ4n) is 3.16. The van der Waals surface area contributed by atoms with Gasteiger partial charge in [0.15, 0.2) is 5.13 Å². The summed E-state index contributed by atoms with van der Waals surface area (Å²) < 4.78 is 0. The number of piperazine rings is 1. The average molecular weight is 433 g/mol. The number of amides is 2. The topological polar surface area (TPSA) is 112 Å². The van der Waals surface area contributed by atoms with E-state index in [0.717, 1.165) is 18.8 Å². The van der Waals surface area contributed by atoms with Crippen LogP contribution in [0.1, 0.15) is 15.4 Å². The Balaban J connectivity index is 1.50. The molecule has 0 bridgehead atoms. The first-order valence-electron chi connectivity index (χ1n) is 9.45. The van der Waals surface area contributed by atoms with Crippen molar-refractivity contribution in [1.82, 2.24) is 14.8 Å². The van der Waals surface area contributed by atoms with Gasteiger partial charge in [-0.15, -0.1) is 0 Å². The highest BCUT2D eigenvalue weighted by molar-refractivity contribution is 7.17. The van der Waals surface area contributed by atoms with Gasteiger partial charge in [0.25, 0.3) is 11.6 Å². The SMILES string of the molecule is Cc1nc(NC(=O)CN2CCN(c3ccc([N+](=O)[O-])cc3)CC2)sc1C(=O)N(C)C. The van der Waals surface area contributed by atoms with Crippen LogP contribution in [0.4, 0.5) is 16.5 Å². The number of hydrogen-bond donors (Lipinski definition) is 1. The second-order valence-corrected chi connectivity index (χ2v) is 8.22. The van der Waals surface area contributed by atoms with Crippen LogP contribution in [0, 0.1) is 17.0 Å². The molecule has 160 valence electrons. The minimum absolute atomic E-state index is 0.0712. The third-order valence-corrected chi connectivity index (χ3v) is 5.87. The first kappa shape index (κ1) is 21.7. The molecule has 1 saturated heterocycles. The van der Waals surface area contributed by atoms with Crippen molar-refractivity contribution in [3.05, 3.63) is 45.0 Å². The van der Waals surface area contributed by atoms with Crippen molar-refractivity contribution < 1.29 is 14.5 Å². The summed E-state index contributed by atoms with van der Waals surface area (Å²) in [6.07, 6.45) is 0. The van der Waals surface area contributed by atoms with Gasteiger partial charge in [-0.25, -0.2) is 4.98 Å². The molecule has 10 nitrogen and oxygen atoms in total. The summed E-state index contributed by atoms with van der Waals surface area (Å²) >= 11 is 1.18. The van der Waals surface area contributed by atoms with Crippen molar-refractivity contribution in [2.45, 2.75) is 6.92 Å². The Kier molecular flexibility index (Phi) is 6.63. The second kappa shape index (κ2) is 9.18. The van der Waals surface area contributed by atoms with E-state index < -0.39 is 4.92 Å². The normalized spacial score (nSPS) is 14.4. The van der Waals surface area contributed by atoms with Crippen LogP contribution in [-0.4, -0.2) is 78.3 Å². The van der Waals surface area contributed by atoms with Crippen LogP contribution in [-0.2, 0) is 4.79 Å². The number of aryl methyl sites for hydroxylation is 1. The van der Waals surface area contributed by atoms with Crippen molar-refractivity contribution >= 4 is 39.7 Å². The van der Waals surface area contributed by atoms with Crippen molar-refractivity contribution in [2.24, 2.45) is 0 Å². The molecule has 1 N–H and O–H groups in total. The van der Waals surface area contributed by atoms with Crippen molar-refractivity contribution in [3.8, 4) is 0 Å². The standard InChI is InChI=1S/C19H24N6O4S/c1-13-17(18(27)22(2)3)30-19(20-13)21-16(26)12-23-8-10-24(11-9-23)14-4-6-15(7-5-14)25(28)29/h4-7H,8-12H2,1-3H3,(H,20,21,26). The average Bonchev–Trinajstić information content (AvgIpc) is 3.07. The number of nitro benzene ring substituents is 1. The Hall–Kier alpha value is -3.05. The number of nitro groups is 1. The van der Waals surface area contributed by atoms with E-state index in [2.05, 4.69) is 15.2 Å². The number of hydrogen-bond acceptors (Lipinski definition) is 8. The predicted molar refractivity (Wildman–Crippen MR) is 115 cm³/mol. The van der Waals surface area contributed by atoms with Gasteiger partial charge in [0.05, 0.1) is 17.2 Å². The number of benzene rings is 1. The number of carbonyl (C=O) groups excluding carboxylic acids is 2. The molecule has 30 heavy (non-hydrogen) atoms. The smallest absolute Gasteiger partial charge is 0.269 e. The van der Waals surface area contributed by atoms with Gasteiger partial charge in [0, 0.05) is 58.1 Å². The van der Waals surface area contributed by atoms with Crippen LogP contribution < -0.4 is 10.2 Å². The molecule has 0 atom stereocenters. The van der Waals surface area contributed by atoms with Gasteiger partial charge >= 0.3 is 0 Å². The van der Waals surface area contributed by atoms with Crippen molar-refractivity contribution in [3.63, 3.8) is 0 Å². The van der Waals surface area contributed by atoms with Gasteiger partial charge < -0.3 is 15.1 Å². The van der Waals surface area contributed by atoms with E-state index in [1.54, 1.807) is 33.2 Å². The van der Waals surface area contributed by atoms with E-state index in [1.807, 2.05) is 4.90 Å². The second-order valence-electron chi connectivity index (χ2n) is 7.22. The van der Waals surface area contributed by atoms with E-state index in [9.17, 15) is 19.7 Å². The Morgan fingerprint density at radius 3 is 2.40 bits per heavy atom. The lowest BCUT2D eigenvalue weighted by Crippen LogP contribution is -2.48. The zero-order valence-electron chi connectivity index (χ0n) is 17.1. The molecular formula is C19H24N6O4S. The molecule has 2 heterocycles. The summed E-state index contributed by atoms with van der Waals surface area (Å²) in [5.74, 6) is -0.302. The van der Waals surface area contributed by atoms with Crippen molar-refractivity contribution in [2.75, 3.05) is 57.0 Å². The first-order chi connectivity index (χ1) is 14.2. The lowest BCUT2D eigenvalue weighted by Gasteiger charge is -2.35. The zero-order chi connectivity index (χ0) is 21.8. The lowest BCUT2D eigenvalue weighted by atomic mass is 10.2. The molecule has 0 aliphatic carbocycles. The quantitative estimate of drug-likeness (QED) is 0.547. The number of nitrogens with zero attached hydrogens (tertiary/aromatic N) is 5. The molecule has 0 radical (unpaired) electrons. The van der Waals surface area contributed by atoms with Crippen LogP contribution >= 0.6 is 11.3 Å². The number of nitrogens with one attached hydrogen (secondary N) is 1. The van der Waals surface area contributed by atoms with Gasteiger partial charge in [0.1, 0.15) is 4.88 Å². The molecule has 1 fully saturated rings. The van der Waals surface area contributed by atoms with Crippen LogP contribution in [0.25, 0.3) is 0 Å². The van der Waals surface area contributed by atoms with Gasteiger partial charge in [-0.1, -0.05) is 11.3 Å². The number of rotatable bonds is 6. The molecule has 0 spiro atoms. The molecule has 11 heteroatoms. The molecule has 0 saturated carbocycles. The molecule has 3 rings (SSSR count). The van der Waals surface area contributed by atoms with Crippen LogP contribution in [0.2, 0.25) is 0 Å². The third-order valence-electron chi connectivity index (χ3n) is 4.81. The number of anilines is 2. The largest absolute Gasteiger partial charge is 0.369 e. The maximum absolute atomic E-state index is 12.4. The minimum Gasteiger partial charge on any atom is -0.369 e. The third kappa shape index (κ3) is 5.10. The summed E-state index contributed by atoms with van der Waals surface area (Å²) in [5, 5.41) is 14.0. The monoisotopic (exact) mass is 432 g/mol. The highest BCUT2D eigenvalue weighted by atomic mass is 32.1. The van der Waals surface area contributed by atoms with Gasteiger partial charge in [-0.2, -0.15) is 0 Å². The Labute approximate surface area is 178 Å². The van der Waals surface area contributed by atoms with Gasteiger partial charge in [-0.05, 0) is 19.1 Å². The molecule has 0 unspecified atom stereocenters.